The number of benzene rings is 1. The van der Waals surface area contributed by atoms with Gasteiger partial charge in [0.2, 0.25) is 5.91 Å². The first kappa shape index (κ1) is 16.2. The van der Waals surface area contributed by atoms with Gasteiger partial charge in [0.15, 0.2) is 0 Å². The third kappa shape index (κ3) is 4.06. The van der Waals surface area contributed by atoms with Gasteiger partial charge in [0, 0.05) is 17.1 Å². The molecule has 2 atom stereocenters. The standard InChI is InChI=1S/C13H19N3O3S/c1-4-15-13(18)16-12(17)9(3)20(19)11-6-5-10(14)7-8(11)2/h5-7,9H,4,14H2,1-3H3,(H2,15,16,17,18). The number of carbonyl (C=O) groups is 2. The van der Waals surface area contributed by atoms with E-state index in [2.05, 4.69) is 10.6 Å². The number of hydrogen-bond donors (Lipinski definition) is 3. The summed E-state index contributed by atoms with van der Waals surface area (Å²) in [6, 6.07) is 4.38. The molecular formula is C13H19N3O3S. The molecule has 0 heterocycles. The third-order valence-electron chi connectivity index (χ3n) is 2.68. The van der Waals surface area contributed by atoms with Crippen LogP contribution in [0.2, 0.25) is 0 Å². The Kier molecular flexibility index (Phi) is 5.69. The van der Waals surface area contributed by atoms with Gasteiger partial charge in [-0.15, -0.1) is 0 Å². The van der Waals surface area contributed by atoms with Crippen molar-refractivity contribution in [3.8, 4) is 0 Å². The Morgan fingerprint density at radius 2 is 2.05 bits per heavy atom. The number of nitrogens with two attached hydrogens (primary N) is 1. The minimum atomic E-state index is -1.55. The molecule has 0 spiro atoms. The second kappa shape index (κ2) is 7.04. The van der Waals surface area contributed by atoms with Crippen LogP contribution in [0.3, 0.4) is 0 Å². The molecule has 3 amide bonds. The van der Waals surface area contributed by atoms with Crippen LogP contribution in [0.25, 0.3) is 0 Å². The summed E-state index contributed by atoms with van der Waals surface area (Å²) < 4.78 is 12.3. The van der Waals surface area contributed by atoms with Crippen molar-refractivity contribution in [2.45, 2.75) is 30.9 Å². The number of urea groups is 1. The summed E-state index contributed by atoms with van der Waals surface area (Å²) in [6.07, 6.45) is 0. The number of imide groups is 1. The number of carbonyl (C=O) groups excluding carboxylic acids is 2. The van der Waals surface area contributed by atoms with Gasteiger partial charge < -0.3 is 11.1 Å². The van der Waals surface area contributed by atoms with Crippen LogP contribution in [0.1, 0.15) is 19.4 Å². The Labute approximate surface area is 120 Å². The van der Waals surface area contributed by atoms with E-state index in [1.54, 1.807) is 32.0 Å². The topological polar surface area (TPSA) is 101 Å². The lowest BCUT2D eigenvalue weighted by molar-refractivity contribution is -0.119. The fourth-order valence-corrected chi connectivity index (χ4v) is 2.82. The van der Waals surface area contributed by atoms with Crippen LogP contribution in [0.4, 0.5) is 10.5 Å². The van der Waals surface area contributed by atoms with Gasteiger partial charge in [0.1, 0.15) is 5.25 Å². The zero-order chi connectivity index (χ0) is 15.3. The van der Waals surface area contributed by atoms with Crippen molar-refractivity contribution >= 4 is 28.4 Å². The summed E-state index contributed by atoms with van der Waals surface area (Å²) in [4.78, 5) is 23.6. The van der Waals surface area contributed by atoms with E-state index in [1.165, 1.54) is 6.92 Å². The van der Waals surface area contributed by atoms with Gasteiger partial charge in [-0.25, -0.2) is 4.79 Å². The number of aryl methyl sites for hydroxylation is 1. The Hall–Kier alpha value is -1.89. The summed E-state index contributed by atoms with van der Waals surface area (Å²) in [5, 5.41) is 3.76. The molecule has 2 unspecified atom stereocenters. The van der Waals surface area contributed by atoms with Gasteiger partial charge in [-0.1, -0.05) is 0 Å². The lowest BCUT2D eigenvalue weighted by atomic mass is 10.2. The predicted octanol–water partition coefficient (Wildman–Crippen LogP) is 0.919. The van der Waals surface area contributed by atoms with Crippen molar-refractivity contribution in [3.05, 3.63) is 23.8 Å². The Balaban J connectivity index is 2.80. The van der Waals surface area contributed by atoms with Gasteiger partial charge in [-0.3, -0.25) is 14.3 Å². The zero-order valence-electron chi connectivity index (χ0n) is 11.7. The maximum absolute atomic E-state index is 12.3. The zero-order valence-corrected chi connectivity index (χ0v) is 12.5. The van der Waals surface area contributed by atoms with E-state index < -0.39 is 28.0 Å². The van der Waals surface area contributed by atoms with E-state index in [9.17, 15) is 13.8 Å². The van der Waals surface area contributed by atoms with Crippen molar-refractivity contribution in [1.29, 1.82) is 0 Å². The molecule has 1 aromatic carbocycles. The van der Waals surface area contributed by atoms with Crippen LogP contribution in [0.15, 0.2) is 23.1 Å². The molecule has 6 nitrogen and oxygen atoms in total. The van der Waals surface area contributed by atoms with Crippen LogP contribution < -0.4 is 16.4 Å². The van der Waals surface area contributed by atoms with E-state index in [0.717, 1.165) is 5.56 Å². The molecule has 0 bridgehead atoms. The third-order valence-corrected chi connectivity index (χ3v) is 4.43. The minimum absolute atomic E-state index is 0.410. The first-order chi connectivity index (χ1) is 9.36. The van der Waals surface area contributed by atoms with Crippen molar-refractivity contribution < 1.29 is 13.8 Å². The van der Waals surface area contributed by atoms with Gasteiger partial charge in [-0.05, 0) is 44.5 Å². The van der Waals surface area contributed by atoms with E-state index >= 15 is 0 Å². The molecule has 0 saturated carbocycles. The largest absolute Gasteiger partial charge is 0.399 e. The van der Waals surface area contributed by atoms with Crippen LogP contribution in [-0.4, -0.2) is 27.9 Å². The summed E-state index contributed by atoms with van der Waals surface area (Å²) in [7, 11) is -1.55. The average Bonchev–Trinajstić information content (AvgIpc) is 2.37. The summed E-state index contributed by atoms with van der Waals surface area (Å²) in [6.45, 7) is 5.44. The molecule has 4 N–H and O–H groups in total. The normalized spacial score (nSPS) is 13.3. The lowest BCUT2D eigenvalue weighted by Crippen LogP contribution is -2.44. The second-order valence-corrected chi connectivity index (χ2v) is 6.06. The maximum Gasteiger partial charge on any atom is 0.321 e. The fourth-order valence-electron chi connectivity index (χ4n) is 1.60. The van der Waals surface area contributed by atoms with E-state index in [4.69, 9.17) is 5.73 Å². The van der Waals surface area contributed by atoms with Crippen molar-refractivity contribution in [2.75, 3.05) is 12.3 Å². The van der Waals surface area contributed by atoms with Crippen LogP contribution in [0, 0.1) is 6.92 Å². The van der Waals surface area contributed by atoms with Gasteiger partial charge in [0.25, 0.3) is 0 Å². The van der Waals surface area contributed by atoms with Crippen LogP contribution >= 0.6 is 0 Å². The van der Waals surface area contributed by atoms with E-state index in [-0.39, 0.29) is 0 Å². The van der Waals surface area contributed by atoms with Gasteiger partial charge in [-0.2, -0.15) is 0 Å². The Bertz CT molecular complexity index is 546. The SMILES string of the molecule is CCNC(=O)NC(=O)C(C)S(=O)c1ccc(N)cc1C. The number of nitrogens with one attached hydrogen (secondary N) is 2. The molecule has 7 heteroatoms. The minimum Gasteiger partial charge on any atom is -0.399 e. The summed E-state index contributed by atoms with van der Waals surface area (Å²) in [5.41, 5.74) is 6.95. The van der Waals surface area contributed by atoms with Crippen LogP contribution in [0.5, 0.6) is 0 Å². The molecule has 1 aromatic rings. The molecule has 110 valence electrons. The second-order valence-electron chi connectivity index (χ2n) is 4.31. The Morgan fingerprint density at radius 3 is 2.60 bits per heavy atom. The molecule has 1 rings (SSSR count). The molecule has 0 radical (unpaired) electrons. The summed E-state index contributed by atoms with van der Waals surface area (Å²) in [5.74, 6) is -0.578. The highest BCUT2D eigenvalue weighted by atomic mass is 32.2. The quantitative estimate of drug-likeness (QED) is 0.719. The maximum atomic E-state index is 12.3. The van der Waals surface area contributed by atoms with E-state index in [0.29, 0.717) is 17.1 Å². The van der Waals surface area contributed by atoms with E-state index in [1.807, 2.05) is 0 Å². The fraction of sp³-hybridized carbons (Fsp3) is 0.385. The highest BCUT2D eigenvalue weighted by molar-refractivity contribution is 7.86. The number of amides is 3. The molecule has 0 aromatic heterocycles. The lowest BCUT2D eigenvalue weighted by Gasteiger charge is -2.13. The first-order valence-corrected chi connectivity index (χ1v) is 7.43. The Morgan fingerprint density at radius 1 is 1.40 bits per heavy atom. The molecule has 0 fully saturated rings. The number of hydrogen-bond acceptors (Lipinski definition) is 4. The molecule has 0 aliphatic carbocycles. The monoisotopic (exact) mass is 297 g/mol. The average molecular weight is 297 g/mol. The molecule has 0 saturated heterocycles. The highest BCUT2D eigenvalue weighted by Gasteiger charge is 2.24. The van der Waals surface area contributed by atoms with Gasteiger partial charge in [0.05, 0.1) is 10.8 Å². The van der Waals surface area contributed by atoms with Crippen molar-refractivity contribution in [1.82, 2.24) is 10.6 Å². The smallest absolute Gasteiger partial charge is 0.321 e. The summed E-state index contributed by atoms with van der Waals surface area (Å²) >= 11 is 0. The molecule has 20 heavy (non-hydrogen) atoms. The highest BCUT2D eigenvalue weighted by Crippen LogP contribution is 2.19. The first-order valence-electron chi connectivity index (χ1n) is 6.22. The number of rotatable bonds is 4. The number of anilines is 1. The van der Waals surface area contributed by atoms with Crippen LogP contribution in [-0.2, 0) is 15.6 Å². The van der Waals surface area contributed by atoms with Crippen molar-refractivity contribution in [2.24, 2.45) is 0 Å². The number of nitrogen functional groups attached to an aromatic ring is 1. The molecular weight excluding hydrogens is 278 g/mol. The molecule has 0 aliphatic rings. The predicted molar refractivity (Wildman–Crippen MR) is 78.7 cm³/mol. The van der Waals surface area contributed by atoms with Gasteiger partial charge >= 0.3 is 6.03 Å². The van der Waals surface area contributed by atoms with Crippen molar-refractivity contribution in [3.63, 3.8) is 0 Å². The molecule has 0 aliphatic heterocycles.